The Morgan fingerprint density at radius 2 is 1.55 bits per heavy atom. The predicted octanol–water partition coefficient (Wildman–Crippen LogP) is 2.85. The molecular formula is C15H16O4S. The Morgan fingerprint density at radius 1 is 0.900 bits per heavy atom. The van der Waals surface area contributed by atoms with Crippen LogP contribution >= 0.6 is 0 Å². The van der Waals surface area contributed by atoms with Gasteiger partial charge in [0.15, 0.2) is 0 Å². The number of aryl methyl sites for hydroxylation is 1. The van der Waals surface area contributed by atoms with Crippen molar-refractivity contribution in [1.29, 1.82) is 0 Å². The first-order valence-corrected chi connectivity index (χ1v) is 7.51. The van der Waals surface area contributed by atoms with Crippen LogP contribution in [0.25, 0.3) is 0 Å². The summed E-state index contributed by atoms with van der Waals surface area (Å²) in [6.07, 6.45) is 0. The lowest BCUT2D eigenvalue weighted by Crippen LogP contribution is -2.05. The summed E-state index contributed by atoms with van der Waals surface area (Å²) in [7, 11) is -0.705. The van der Waals surface area contributed by atoms with Gasteiger partial charge in [0.2, 0.25) is 9.84 Å². The molecule has 0 aliphatic rings. The monoisotopic (exact) mass is 292 g/mol. The molecule has 0 saturated carbocycles. The first-order valence-electron chi connectivity index (χ1n) is 6.03. The van der Waals surface area contributed by atoms with E-state index in [1.54, 1.807) is 36.4 Å². The molecule has 0 heterocycles. The molecule has 2 aromatic carbocycles. The van der Waals surface area contributed by atoms with Crippen molar-refractivity contribution < 1.29 is 17.9 Å². The van der Waals surface area contributed by atoms with E-state index in [-0.39, 0.29) is 9.79 Å². The van der Waals surface area contributed by atoms with Crippen molar-refractivity contribution in [2.45, 2.75) is 16.7 Å². The van der Waals surface area contributed by atoms with E-state index in [1.807, 2.05) is 6.92 Å². The Labute approximate surface area is 118 Å². The van der Waals surface area contributed by atoms with E-state index in [0.717, 1.165) is 5.56 Å². The fraction of sp³-hybridized carbons (Fsp3) is 0.200. The highest BCUT2D eigenvalue weighted by Crippen LogP contribution is 2.32. The van der Waals surface area contributed by atoms with Crippen molar-refractivity contribution in [1.82, 2.24) is 0 Å². The fourth-order valence-electron chi connectivity index (χ4n) is 1.84. The minimum atomic E-state index is -3.64. The van der Waals surface area contributed by atoms with Gasteiger partial charge in [0, 0.05) is 6.07 Å². The molecule has 0 radical (unpaired) electrons. The first-order chi connectivity index (χ1) is 9.48. The molecule has 0 N–H and O–H groups in total. The molecule has 106 valence electrons. The Bertz CT molecular complexity index is 703. The third-order valence-corrected chi connectivity index (χ3v) is 4.78. The van der Waals surface area contributed by atoms with Gasteiger partial charge < -0.3 is 9.47 Å². The van der Waals surface area contributed by atoms with Crippen molar-refractivity contribution in [3.05, 3.63) is 48.0 Å². The zero-order valence-corrected chi connectivity index (χ0v) is 12.4. The minimum Gasteiger partial charge on any atom is -0.497 e. The molecule has 2 aromatic rings. The van der Waals surface area contributed by atoms with Crippen LogP contribution in [0.2, 0.25) is 0 Å². The lowest BCUT2D eigenvalue weighted by molar-refractivity contribution is 0.392. The number of rotatable bonds is 4. The quantitative estimate of drug-likeness (QED) is 0.869. The summed E-state index contributed by atoms with van der Waals surface area (Å²) in [5.74, 6) is 0.767. The molecule has 5 heteroatoms. The normalized spacial score (nSPS) is 11.2. The van der Waals surface area contributed by atoms with Crippen molar-refractivity contribution in [2.75, 3.05) is 14.2 Å². The summed E-state index contributed by atoms with van der Waals surface area (Å²) >= 11 is 0. The van der Waals surface area contributed by atoms with Gasteiger partial charge in [-0.15, -0.1) is 0 Å². The Balaban J connectivity index is 2.61. The molecular weight excluding hydrogens is 276 g/mol. The van der Waals surface area contributed by atoms with Crippen LogP contribution < -0.4 is 9.47 Å². The van der Waals surface area contributed by atoms with E-state index in [9.17, 15) is 8.42 Å². The second-order valence-electron chi connectivity index (χ2n) is 4.33. The SMILES string of the molecule is COc1ccc(OC)c(S(=O)(=O)c2ccc(C)cc2)c1. The number of benzene rings is 2. The average Bonchev–Trinajstić information content (AvgIpc) is 2.47. The van der Waals surface area contributed by atoms with Gasteiger partial charge in [0.1, 0.15) is 16.4 Å². The van der Waals surface area contributed by atoms with Crippen LogP contribution in [0.1, 0.15) is 5.56 Å². The molecule has 0 aliphatic heterocycles. The summed E-state index contributed by atoms with van der Waals surface area (Å²) in [6, 6.07) is 11.4. The zero-order chi connectivity index (χ0) is 14.8. The van der Waals surface area contributed by atoms with E-state index in [2.05, 4.69) is 0 Å². The second kappa shape index (κ2) is 5.54. The van der Waals surface area contributed by atoms with Crippen molar-refractivity contribution in [3.8, 4) is 11.5 Å². The molecule has 0 saturated heterocycles. The van der Waals surface area contributed by atoms with E-state index >= 15 is 0 Å². The van der Waals surface area contributed by atoms with Crippen molar-refractivity contribution in [3.63, 3.8) is 0 Å². The van der Waals surface area contributed by atoms with E-state index in [0.29, 0.717) is 11.5 Å². The first kappa shape index (κ1) is 14.4. The maximum absolute atomic E-state index is 12.7. The summed E-state index contributed by atoms with van der Waals surface area (Å²) in [5.41, 5.74) is 1.00. The van der Waals surface area contributed by atoms with Gasteiger partial charge in [-0.25, -0.2) is 8.42 Å². The lowest BCUT2D eigenvalue weighted by atomic mass is 10.2. The van der Waals surface area contributed by atoms with Gasteiger partial charge in [-0.05, 0) is 31.2 Å². The van der Waals surface area contributed by atoms with Gasteiger partial charge in [-0.3, -0.25) is 0 Å². The Morgan fingerprint density at radius 3 is 2.10 bits per heavy atom. The maximum atomic E-state index is 12.7. The van der Waals surface area contributed by atoms with E-state index in [1.165, 1.54) is 20.3 Å². The van der Waals surface area contributed by atoms with Gasteiger partial charge in [-0.1, -0.05) is 17.7 Å². The summed E-state index contributed by atoms with van der Waals surface area (Å²) in [4.78, 5) is 0.331. The van der Waals surface area contributed by atoms with Gasteiger partial charge in [0.05, 0.1) is 19.1 Å². The van der Waals surface area contributed by atoms with Crippen LogP contribution in [0.5, 0.6) is 11.5 Å². The number of ether oxygens (including phenoxy) is 2. The maximum Gasteiger partial charge on any atom is 0.210 e. The molecule has 20 heavy (non-hydrogen) atoms. The molecule has 0 amide bonds. The number of sulfone groups is 1. The molecule has 0 aliphatic carbocycles. The molecule has 2 rings (SSSR count). The third kappa shape index (κ3) is 2.63. The minimum absolute atomic E-state index is 0.100. The molecule has 0 spiro atoms. The fourth-order valence-corrected chi connectivity index (χ4v) is 3.27. The highest BCUT2D eigenvalue weighted by Gasteiger charge is 2.22. The van der Waals surface area contributed by atoms with Crippen LogP contribution in [0.4, 0.5) is 0 Å². The standard InChI is InChI=1S/C15H16O4S/c1-11-4-7-13(8-5-11)20(16,17)15-10-12(18-2)6-9-14(15)19-3/h4-10H,1-3H3. The van der Waals surface area contributed by atoms with Crippen LogP contribution in [0, 0.1) is 6.92 Å². The Hall–Kier alpha value is -2.01. The molecule has 0 bridgehead atoms. The molecule has 0 fully saturated rings. The summed E-state index contributed by atoms with van der Waals surface area (Å²) < 4.78 is 35.5. The number of methoxy groups -OCH3 is 2. The average molecular weight is 292 g/mol. The van der Waals surface area contributed by atoms with Crippen LogP contribution in [-0.4, -0.2) is 22.6 Å². The van der Waals surface area contributed by atoms with Crippen LogP contribution in [-0.2, 0) is 9.84 Å². The van der Waals surface area contributed by atoms with Crippen molar-refractivity contribution >= 4 is 9.84 Å². The molecule has 0 aromatic heterocycles. The van der Waals surface area contributed by atoms with Crippen molar-refractivity contribution in [2.24, 2.45) is 0 Å². The predicted molar refractivity (Wildman–Crippen MR) is 76.2 cm³/mol. The highest BCUT2D eigenvalue weighted by atomic mass is 32.2. The Kier molecular flexibility index (Phi) is 3.99. The number of hydrogen-bond donors (Lipinski definition) is 0. The van der Waals surface area contributed by atoms with Gasteiger partial charge in [-0.2, -0.15) is 0 Å². The van der Waals surface area contributed by atoms with E-state index in [4.69, 9.17) is 9.47 Å². The zero-order valence-electron chi connectivity index (χ0n) is 11.6. The largest absolute Gasteiger partial charge is 0.497 e. The third-order valence-electron chi connectivity index (χ3n) is 2.99. The topological polar surface area (TPSA) is 52.6 Å². The number of hydrogen-bond acceptors (Lipinski definition) is 4. The summed E-state index contributed by atoms with van der Waals surface area (Å²) in [5, 5.41) is 0. The second-order valence-corrected chi connectivity index (χ2v) is 6.25. The van der Waals surface area contributed by atoms with Crippen LogP contribution in [0.15, 0.2) is 52.3 Å². The molecule has 0 unspecified atom stereocenters. The lowest BCUT2D eigenvalue weighted by Gasteiger charge is -2.11. The van der Waals surface area contributed by atoms with Gasteiger partial charge in [0.25, 0.3) is 0 Å². The summed E-state index contributed by atoms with van der Waals surface area (Å²) in [6.45, 7) is 1.91. The highest BCUT2D eigenvalue weighted by molar-refractivity contribution is 7.91. The molecule has 0 atom stereocenters. The van der Waals surface area contributed by atoms with Gasteiger partial charge >= 0.3 is 0 Å². The molecule has 4 nitrogen and oxygen atoms in total. The van der Waals surface area contributed by atoms with E-state index < -0.39 is 9.84 Å². The smallest absolute Gasteiger partial charge is 0.210 e. The van der Waals surface area contributed by atoms with Crippen LogP contribution in [0.3, 0.4) is 0 Å².